The summed E-state index contributed by atoms with van der Waals surface area (Å²) in [6, 6.07) is 12.9. The molecular weight excluding hydrogens is 450 g/mol. The fourth-order valence-corrected chi connectivity index (χ4v) is 5.65. The molecule has 0 unspecified atom stereocenters. The minimum absolute atomic E-state index is 0. The number of nitriles is 2. The average molecular weight is 486 g/mol. The van der Waals surface area contributed by atoms with Gasteiger partial charge in [-0.25, -0.2) is 4.98 Å². The first-order chi connectivity index (χ1) is 17.1. The molecule has 0 radical (unpaired) electrons. The van der Waals surface area contributed by atoms with Gasteiger partial charge >= 0.3 is 0 Å². The Kier molecular flexibility index (Phi) is 7.47. The number of piperidine rings is 1. The Morgan fingerprint density at radius 2 is 1.83 bits per heavy atom. The van der Waals surface area contributed by atoms with Crippen molar-refractivity contribution in [1.82, 2.24) is 19.2 Å². The number of carbonyl (C=O) groups is 1. The molecule has 1 aromatic carbocycles. The molecule has 1 saturated heterocycles. The number of imidazole rings is 1. The second-order valence-electron chi connectivity index (χ2n) is 9.44. The molecule has 4 heterocycles. The lowest BCUT2D eigenvalue weighted by atomic mass is 9.93. The van der Waals surface area contributed by atoms with Crippen LogP contribution in [0.4, 0.5) is 5.82 Å². The molecule has 0 atom stereocenters. The maximum absolute atomic E-state index is 12.9. The van der Waals surface area contributed by atoms with Crippen LogP contribution in [0.3, 0.4) is 0 Å². The Labute approximate surface area is 213 Å². The van der Waals surface area contributed by atoms with E-state index in [2.05, 4.69) is 32.4 Å². The average Bonchev–Trinajstić information content (AvgIpc) is 3.27. The summed E-state index contributed by atoms with van der Waals surface area (Å²) >= 11 is 0. The zero-order chi connectivity index (χ0) is 24.5. The summed E-state index contributed by atoms with van der Waals surface area (Å²) in [5.74, 6) is 1.29. The van der Waals surface area contributed by atoms with Gasteiger partial charge in [-0.15, -0.1) is 0 Å². The molecule has 0 spiro atoms. The lowest BCUT2D eigenvalue weighted by Crippen LogP contribution is -2.43. The molecule has 2 aliphatic rings. The predicted molar refractivity (Wildman–Crippen MR) is 142 cm³/mol. The summed E-state index contributed by atoms with van der Waals surface area (Å²) in [6.45, 7) is 8.74. The number of hydrogen-bond donors (Lipinski definition) is 0. The van der Waals surface area contributed by atoms with E-state index in [1.54, 1.807) is 0 Å². The van der Waals surface area contributed by atoms with E-state index < -0.39 is 0 Å². The van der Waals surface area contributed by atoms with Crippen molar-refractivity contribution in [3.63, 3.8) is 0 Å². The zero-order valence-electron chi connectivity index (χ0n) is 20.5. The lowest BCUT2D eigenvalue weighted by Gasteiger charge is -2.37. The highest BCUT2D eigenvalue weighted by atomic mass is 16.2. The predicted octanol–water partition coefficient (Wildman–Crippen LogP) is 3.96. The summed E-state index contributed by atoms with van der Waals surface area (Å²) in [4.78, 5) is 24.2. The number of anilines is 1. The van der Waals surface area contributed by atoms with Gasteiger partial charge in [0.15, 0.2) is 5.65 Å². The van der Waals surface area contributed by atoms with Crippen LogP contribution in [0.1, 0.15) is 50.8 Å². The molecule has 0 bridgehead atoms. The number of likely N-dealkylation sites (N-methyl/N-ethyl adjacent to an activating group) is 1. The third-order valence-corrected chi connectivity index (χ3v) is 7.56. The van der Waals surface area contributed by atoms with E-state index >= 15 is 0 Å². The largest absolute Gasteiger partial charge is 0.357 e. The zero-order valence-corrected chi connectivity index (χ0v) is 20.5. The number of benzene rings is 1. The molecule has 188 valence electrons. The van der Waals surface area contributed by atoms with Gasteiger partial charge in [0.1, 0.15) is 11.9 Å². The second kappa shape index (κ2) is 10.6. The van der Waals surface area contributed by atoms with E-state index in [1.807, 2.05) is 36.9 Å². The Bertz CT molecular complexity index is 1350. The van der Waals surface area contributed by atoms with Crippen LogP contribution in [0, 0.1) is 28.6 Å². The smallest absolute Gasteiger partial charge is 0.236 e. The van der Waals surface area contributed by atoms with Crippen LogP contribution in [0.25, 0.3) is 16.7 Å². The van der Waals surface area contributed by atoms with Crippen molar-refractivity contribution in [2.45, 2.75) is 47.1 Å². The molecule has 1 amide bonds. The van der Waals surface area contributed by atoms with Gasteiger partial charge in [0.05, 0.1) is 29.2 Å². The van der Waals surface area contributed by atoms with Crippen LogP contribution < -0.4 is 4.90 Å². The number of carbonyl (C=O) groups excluding carboxylic acids is 1. The van der Waals surface area contributed by atoms with Gasteiger partial charge in [0.25, 0.3) is 0 Å². The molecular formula is C28H35N7O. The van der Waals surface area contributed by atoms with Gasteiger partial charge in [-0.2, -0.15) is 10.5 Å². The second-order valence-corrected chi connectivity index (χ2v) is 9.44. The summed E-state index contributed by atoms with van der Waals surface area (Å²) in [7, 11) is 0. The summed E-state index contributed by atoms with van der Waals surface area (Å²) in [6.07, 6.45) is 2.36. The summed E-state index contributed by atoms with van der Waals surface area (Å²) < 4.78 is 2.15. The highest BCUT2D eigenvalue weighted by Crippen LogP contribution is 2.38. The van der Waals surface area contributed by atoms with E-state index in [-0.39, 0.29) is 19.3 Å². The first kappa shape index (κ1) is 25.5. The molecule has 2 aromatic heterocycles. The number of fused-ring (bicyclic) bond motifs is 4. The minimum atomic E-state index is 0. The molecule has 8 nitrogen and oxygen atoms in total. The van der Waals surface area contributed by atoms with Crippen LogP contribution in [-0.4, -0.2) is 64.4 Å². The topological polar surface area (TPSA) is 91.7 Å². The molecule has 0 aliphatic carbocycles. The molecule has 0 saturated carbocycles. The fourth-order valence-electron chi connectivity index (χ4n) is 5.65. The number of amides is 1. The quantitative estimate of drug-likeness (QED) is 0.543. The molecule has 3 aromatic rings. The number of pyridine rings is 1. The Hall–Kier alpha value is -3.62. The normalized spacial score (nSPS) is 16.3. The minimum Gasteiger partial charge on any atom is -0.357 e. The van der Waals surface area contributed by atoms with Crippen LogP contribution in [-0.2, 0) is 17.8 Å². The van der Waals surface area contributed by atoms with Gasteiger partial charge < -0.3 is 9.80 Å². The van der Waals surface area contributed by atoms with Crippen molar-refractivity contribution < 1.29 is 4.79 Å². The standard InChI is InChI=1S/C27H31N7O.CH4/c1-3-32(4-2)25(35)18-31-12-11-20-21(16-29)26-30-23-7-5-6-8-24(23)34(26)27(22(20)17-31)33-13-9-19(15-28)10-14-33;/h5-8,19H,3-4,9-14,17-18H2,1-2H3;1H4. The van der Waals surface area contributed by atoms with E-state index in [1.165, 1.54) is 0 Å². The third kappa shape index (κ3) is 4.27. The number of nitrogens with zero attached hydrogens (tertiary/aromatic N) is 7. The number of hydrogen-bond acceptors (Lipinski definition) is 6. The lowest BCUT2D eigenvalue weighted by molar-refractivity contribution is -0.132. The van der Waals surface area contributed by atoms with Gasteiger partial charge in [0, 0.05) is 50.7 Å². The fraction of sp³-hybridized carbons (Fsp3) is 0.500. The Morgan fingerprint density at radius 1 is 1.11 bits per heavy atom. The monoisotopic (exact) mass is 485 g/mol. The van der Waals surface area contributed by atoms with Crippen LogP contribution in [0.5, 0.6) is 0 Å². The van der Waals surface area contributed by atoms with Crippen molar-refractivity contribution in [3.8, 4) is 12.1 Å². The molecule has 0 N–H and O–H groups in total. The molecule has 8 heteroatoms. The van der Waals surface area contributed by atoms with Gasteiger partial charge in [-0.3, -0.25) is 14.1 Å². The highest BCUT2D eigenvalue weighted by Gasteiger charge is 2.32. The van der Waals surface area contributed by atoms with Crippen molar-refractivity contribution >= 4 is 28.4 Å². The number of aromatic nitrogens is 2. The van der Waals surface area contributed by atoms with Crippen molar-refractivity contribution in [2.75, 3.05) is 44.2 Å². The van der Waals surface area contributed by atoms with Crippen LogP contribution in [0.15, 0.2) is 24.3 Å². The Balaban J connectivity index is 0.00000304. The van der Waals surface area contributed by atoms with E-state index in [0.29, 0.717) is 43.8 Å². The molecule has 1 fully saturated rings. The summed E-state index contributed by atoms with van der Waals surface area (Å²) in [5.41, 5.74) is 5.37. The van der Waals surface area contributed by atoms with Gasteiger partial charge in [-0.1, -0.05) is 19.6 Å². The summed E-state index contributed by atoms with van der Waals surface area (Å²) in [5, 5.41) is 19.6. The molecule has 5 rings (SSSR count). The number of para-hydroxylation sites is 2. The molecule has 2 aliphatic heterocycles. The maximum Gasteiger partial charge on any atom is 0.236 e. The van der Waals surface area contributed by atoms with Gasteiger partial charge in [0.2, 0.25) is 5.91 Å². The maximum atomic E-state index is 12.9. The van der Waals surface area contributed by atoms with Gasteiger partial charge in [-0.05, 0) is 50.8 Å². The SMILES string of the molecule is C.CCN(CC)C(=O)CN1CCc2c(c(N3CCC(C#N)CC3)n3c(nc4ccccc43)c2C#N)C1. The van der Waals surface area contributed by atoms with Crippen molar-refractivity contribution in [3.05, 3.63) is 41.0 Å². The van der Waals surface area contributed by atoms with Crippen LogP contribution in [0.2, 0.25) is 0 Å². The van der Waals surface area contributed by atoms with E-state index in [4.69, 9.17) is 4.98 Å². The third-order valence-electron chi connectivity index (χ3n) is 7.56. The van der Waals surface area contributed by atoms with E-state index in [0.717, 1.165) is 60.5 Å². The Morgan fingerprint density at radius 3 is 2.50 bits per heavy atom. The molecule has 36 heavy (non-hydrogen) atoms. The first-order valence-corrected chi connectivity index (χ1v) is 12.6. The van der Waals surface area contributed by atoms with E-state index in [9.17, 15) is 15.3 Å². The van der Waals surface area contributed by atoms with Crippen molar-refractivity contribution in [2.24, 2.45) is 5.92 Å². The highest BCUT2D eigenvalue weighted by molar-refractivity contribution is 5.86. The number of rotatable bonds is 5. The first-order valence-electron chi connectivity index (χ1n) is 12.6. The van der Waals surface area contributed by atoms with Crippen LogP contribution >= 0.6 is 0 Å². The van der Waals surface area contributed by atoms with Crippen molar-refractivity contribution in [1.29, 1.82) is 10.5 Å².